The number of carbonyl (C=O) groups is 1. The predicted molar refractivity (Wildman–Crippen MR) is 51.1 cm³/mol. The topological polar surface area (TPSA) is 46.3 Å². The molecule has 1 heterocycles. The molecule has 1 aliphatic heterocycles. The van der Waals surface area contributed by atoms with E-state index in [9.17, 15) is 4.79 Å². The Hall–Kier alpha value is -0.570. The fourth-order valence-electron chi connectivity index (χ4n) is 2.17. The highest BCUT2D eigenvalue weighted by molar-refractivity contribution is 5.81. The fraction of sp³-hybridized carbons (Fsp3) is 0.900. The Kier molecular flexibility index (Phi) is 2.06. The number of rotatable bonds is 1. The number of nitrogens with two attached hydrogens (primary N) is 1. The largest absolute Gasteiger partial charge is 0.341 e. The summed E-state index contributed by atoms with van der Waals surface area (Å²) in [5, 5.41) is 0. The molecule has 1 atom stereocenters. The predicted octanol–water partition coefficient (Wildman–Crippen LogP) is 0.736. The number of amides is 1. The van der Waals surface area contributed by atoms with Crippen molar-refractivity contribution in [3.63, 3.8) is 0 Å². The lowest BCUT2D eigenvalue weighted by Gasteiger charge is -2.33. The maximum absolute atomic E-state index is 11.5. The number of hydrogen-bond donors (Lipinski definition) is 1. The second kappa shape index (κ2) is 2.98. The number of nitrogens with zero attached hydrogens (tertiary/aromatic N) is 1. The van der Waals surface area contributed by atoms with E-state index in [2.05, 4.69) is 0 Å². The molecule has 1 unspecified atom stereocenters. The third kappa shape index (κ3) is 1.70. The van der Waals surface area contributed by atoms with E-state index in [1.165, 1.54) is 25.7 Å². The first-order valence-electron chi connectivity index (χ1n) is 5.17. The van der Waals surface area contributed by atoms with Gasteiger partial charge in [-0.2, -0.15) is 0 Å². The van der Waals surface area contributed by atoms with Crippen molar-refractivity contribution in [3.8, 4) is 0 Å². The van der Waals surface area contributed by atoms with E-state index in [1.54, 1.807) is 6.92 Å². The van der Waals surface area contributed by atoms with Crippen LogP contribution in [0.4, 0.5) is 0 Å². The molecule has 1 aliphatic carbocycles. The van der Waals surface area contributed by atoms with Gasteiger partial charge >= 0.3 is 0 Å². The van der Waals surface area contributed by atoms with Gasteiger partial charge in [-0.3, -0.25) is 4.79 Å². The molecular formula is C10H18N2O. The fourth-order valence-corrected chi connectivity index (χ4v) is 2.17. The Bertz CT molecular complexity index is 211. The lowest BCUT2D eigenvalue weighted by Crippen LogP contribution is -2.46. The SMILES string of the molecule is CC(N)C(=O)N1CCC2(CC1)CC2. The van der Waals surface area contributed by atoms with E-state index in [0.29, 0.717) is 5.41 Å². The van der Waals surface area contributed by atoms with Crippen LogP contribution in [-0.4, -0.2) is 29.9 Å². The summed E-state index contributed by atoms with van der Waals surface area (Å²) in [4.78, 5) is 13.5. The smallest absolute Gasteiger partial charge is 0.239 e. The molecular weight excluding hydrogens is 164 g/mol. The molecule has 3 nitrogen and oxygen atoms in total. The lowest BCUT2D eigenvalue weighted by molar-refractivity contribution is -0.133. The van der Waals surface area contributed by atoms with Gasteiger partial charge in [0.15, 0.2) is 0 Å². The Morgan fingerprint density at radius 2 is 1.85 bits per heavy atom. The number of piperidine rings is 1. The first kappa shape index (κ1) is 9.00. The Labute approximate surface area is 79.3 Å². The van der Waals surface area contributed by atoms with Crippen LogP contribution in [0.2, 0.25) is 0 Å². The van der Waals surface area contributed by atoms with E-state index < -0.39 is 0 Å². The summed E-state index contributed by atoms with van der Waals surface area (Å²) in [5.74, 6) is 0.121. The van der Waals surface area contributed by atoms with Crippen molar-refractivity contribution in [2.75, 3.05) is 13.1 Å². The van der Waals surface area contributed by atoms with Gasteiger partial charge in [-0.25, -0.2) is 0 Å². The average Bonchev–Trinajstić information content (AvgIpc) is 2.85. The van der Waals surface area contributed by atoms with Crippen LogP contribution in [0.3, 0.4) is 0 Å². The minimum atomic E-state index is -0.326. The zero-order valence-corrected chi connectivity index (χ0v) is 8.25. The molecule has 0 aromatic rings. The molecule has 3 heteroatoms. The summed E-state index contributed by atoms with van der Waals surface area (Å²) in [5.41, 5.74) is 6.21. The quantitative estimate of drug-likeness (QED) is 0.650. The number of carbonyl (C=O) groups excluding carboxylic acids is 1. The van der Waals surface area contributed by atoms with Gasteiger partial charge in [0.05, 0.1) is 6.04 Å². The molecule has 1 saturated heterocycles. The highest BCUT2D eigenvalue weighted by Crippen LogP contribution is 2.53. The second-order valence-electron chi connectivity index (χ2n) is 4.61. The number of likely N-dealkylation sites (tertiary alicyclic amines) is 1. The van der Waals surface area contributed by atoms with E-state index in [-0.39, 0.29) is 11.9 Å². The van der Waals surface area contributed by atoms with Gasteiger partial charge < -0.3 is 10.6 Å². The lowest BCUT2D eigenvalue weighted by atomic mass is 9.93. The molecule has 2 fully saturated rings. The van der Waals surface area contributed by atoms with Crippen LogP contribution in [0.15, 0.2) is 0 Å². The standard InChI is InChI=1S/C10H18N2O/c1-8(11)9(13)12-6-4-10(2-3-10)5-7-12/h8H,2-7,11H2,1H3. The highest BCUT2D eigenvalue weighted by Gasteiger charge is 2.45. The molecule has 1 spiro atoms. The van der Waals surface area contributed by atoms with Crippen molar-refractivity contribution in [1.29, 1.82) is 0 Å². The summed E-state index contributed by atoms with van der Waals surface area (Å²) in [6, 6.07) is -0.326. The summed E-state index contributed by atoms with van der Waals surface area (Å²) in [7, 11) is 0. The molecule has 2 aliphatic rings. The maximum Gasteiger partial charge on any atom is 0.239 e. The molecule has 13 heavy (non-hydrogen) atoms. The molecule has 0 radical (unpaired) electrons. The molecule has 1 amide bonds. The molecule has 2 rings (SSSR count). The molecule has 0 aromatic carbocycles. The summed E-state index contributed by atoms with van der Waals surface area (Å²) >= 11 is 0. The van der Waals surface area contributed by atoms with Gasteiger partial charge in [0.1, 0.15) is 0 Å². The van der Waals surface area contributed by atoms with Crippen LogP contribution in [0.1, 0.15) is 32.6 Å². The Morgan fingerprint density at radius 1 is 1.31 bits per heavy atom. The average molecular weight is 182 g/mol. The molecule has 0 bridgehead atoms. The van der Waals surface area contributed by atoms with Gasteiger partial charge in [0.2, 0.25) is 5.91 Å². The van der Waals surface area contributed by atoms with Crippen molar-refractivity contribution >= 4 is 5.91 Å². The van der Waals surface area contributed by atoms with Gasteiger partial charge in [-0.1, -0.05) is 0 Å². The monoisotopic (exact) mass is 182 g/mol. The molecule has 2 N–H and O–H groups in total. The maximum atomic E-state index is 11.5. The molecule has 1 saturated carbocycles. The van der Waals surface area contributed by atoms with Crippen molar-refractivity contribution in [3.05, 3.63) is 0 Å². The van der Waals surface area contributed by atoms with E-state index in [1.807, 2.05) is 4.90 Å². The van der Waals surface area contributed by atoms with Gasteiger partial charge in [0.25, 0.3) is 0 Å². The number of hydrogen-bond acceptors (Lipinski definition) is 2. The summed E-state index contributed by atoms with van der Waals surface area (Å²) < 4.78 is 0. The first-order valence-corrected chi connectivity index (χ1v) is 5.17. The minimum Gasteiger partial charge on any atom is -0.341 e. The molecule has 74 valence electrons. The summed E-state index contributed by atoms with van der Waals surface area (Å²) in [6.45, 7) is 3.63. The third-order valence-corrected chi connectivity index (χ3v) is 3.48. The highest BCUT2D eigenvalue weighted by atomic mass is 16.2. The zero-order chi connectivity index (χ0) is 9.47. The van der Waals surface area contributed by atoms with E-state index in [0.717, 1.165) is 13.1 Å². The van der Waals surface area contributed by atoms with Crippen LogP contribution in [0.25, 0.3) is 0 Å². The Balaban J connectivity index is 1.87. The van der Waals surface area contributed by atoms with Gasteiger partial charge in [-0.05, 0) is 38.0 Å². The third-order valence-electron chi connectivity index (χ3n) is 3.48. The van der Waals surface area contributed by atoms with E-state index >= 15 is 0 Å². The Morgan fingerprint density at radius 3 is 2.23 bits per heavy atom. The van der Waals surface area contributed by atoms with Crippen molar-refractivity contribution < 1.29 is 4.79 Å². The first-order chi connectivity index (χ1) is 6.13. The molecule has 0 aromatic heterocycles. The van der Waals surface area contributed by atoms with Crippen molar-refractivity contribution in [1.82, 2.24) is 4.90 Å². The summed E-state index contributed by atoms with van der Waals surface area (Å²) in [6.07, 6.45) is 5.16. The van der Waals surface area contributed by atoms with Crippen LogP contribution >= 0.6 is 0 Å². The second-order valence-corrected chi connectivity index (χ2v) is 4.61. The van der Waals surface area contributed by atoms with Crippen LogP contribution in [-0.2, 0) is 4.79 Å². The normalized spacial score (nSPS) is 27.4. The van der Waals surface area contributed by atoms with E-state index in [4.69, 9.17) is 5.73 Å². The zero-order valence-electron chi connectivity index (χ0n) is 8.25. The van der Waals surface area contributed by atoms with Gasteiger partial charge in [-0.15, -0.1) is 0 Å². The van der Waals surface area contributed by atoms with Crippen molar-refractivity contribution in [2.45, 2.75) is 38.6 Å². The van der Waals surface area contributed by atoms with Crippen molar-refractivity contribution in [2.24, 2.45) is 11.1 Å². The van der Waals surface area contributed by atoms with Crippen LogP contribution in [0, 0.1) is 5.41 Å². The van der Waals surface area contributed by atoms with Crippen LogP contribution in [0.5, 0.6) is 0 Å². The van der Waals surface area contributed by atoms with Crippen LogP contribution < -0.4 is 5.73 Å². The minimum absolute atomic E-state index is 0.121. The van der Waals surface area contributed by atoms with Gasteiger partial charge in [0, 0.05) is 13.1 Å².